The Hall–Kier alpha value is -4.65. The van der Waals surface area contributed by atoms with Crippen molar-refractivity contribution < 1.29 is 0 Å². The molecular formula is C33H35N7. The quantitative estimate of drug-likeness (QED) is 0.182. The third kappa shape index (κ3) is 5.83. The Kier molecular flexibility index (Phi) is 8.40. The first-order valence-corrected chi connectivity index (χ1v) is 14.0. The van der Waals surface area contributed by atoms with Crippen LogP contribution in [0.3, 0.4) is 0 Å². The van der Waals surface area contributed by atoms with Crippen LogP contribution in [0.5, 0.6) is 0 Å². The summed E-state index contributed by atoms with van der Waals surface area (Å²) in [5.74, 6) is 4.40. The van der Waals surface area contributed by atoms with Crippen LogP contribution < -0.4 is 9.80 Å². The van der Waals surface area contributed by atoms with Crippen LogP contribution in [0.25, 0.3) is 0 Å². The van der Waals surface area contributed by atoms with Gasteiger partial charge in [0.05, 0.1) is 0 Å². The van der Waals surface area contributed by atoms with E-state index < -0.39 is 0 Å². The molecule has 0 bridgehead atoms. The number of anilines is 6. The van der Waals surface area contributed by atoms with Gasteiger partial charge in [0.2, 0.25) is 0 Å². The third-order valence-electron chi connectivity index (χ3n) is 6.96. The second-order valence-electron chi connectivity index (χ2n) is 9.54. The largest absolute Gasteiger partial charge is 0.262 e. The fourth-order valence-corrected chi connectivity index (χ4v) is 4.40. The molecule has 0 saturated heterocycles. The summed E-state index contributed by atoms with van der Waals surface area (Å²) in [5, 5.41) is 0. The van der Waals surface area contributed by atoms with Gasteiger partial charge in [-0.25, -0.2) is 24.9 Å². The molecule has 5 rings (SSSR count). The van der Waals surface area contributed by atoms with Crippen molar-refractivity contribution in [1.29, 1.82) is 0 Å². The standard InChI is InChI=1S/C33H35N7/c1-5-24-12-16-28(34-20-24)39(29-17-13-25(6-2)21-35-29)32-10-9-11-33(38-32)40(30-18-14-26(7-3)22-36-30)31-19-15-27(8-4)23-37-31/h9-23H,5-8H2,1-4H3. The van der Waals surface area contributed by atoms with Crippen molar-refractivity contribution in [2.75, 3.05) is 9.80 Å². The molecule has 0 saturated carbocycles. The van der Waals surface area contributed by atoms with E-state index in [1.165, 1.54) is 22.3 Å². The van der Waals surface area contributed by atoms with Gasteiger partial charge in [-0.15, -0.1) is 0 Å². The maximum atomic E-state index is 5.14. The molecule has 0 aliphatic carbocycles. The molecule has 0 atom stereocenters. The van der Waals surface area contributed by atoms with Crippen molar-refractivity contribution in [2.45, 2.75) is 53.4 Å². The molecule has 7 nitrogen and oxygen atoms in total. The van der Waals surface area contributed by atoms with Crippen LogP contribution in [0.1, 0.15) is 49.9 Å². The Bertz CT molecular complexity index is 1300. The molecule has 0 N–H and O–H groups in total. The van der Waals surface area contributed by atoms with Crippen molar-refractivity contribution in [1.82, 2.24) is 24.9 Å². The molecule has 0 fully saturated rings. The van der Waals surface area contributed by atoms with Gasteiger partial charge in [0, 0.05) is 24.8 Å². The molecule has 0 aliphatic rings. The Morgan fingerprint density at radius 3 is 0.925 bits per heavy atom. The molecule has 7 heteroatoms. The summed E-state index contributed by atoms with van der Waals surface area (Å²) in [6, 6.07) is 22.5. The lowest BCUT2D eigenvalue weighted by Crippen LogP contribution is -2.18. The van der Waals surface area contributed by atoms with Crippen LogP contribution in [0.2, 0.25) is 0 Å². The van der Waals surface area contributed by atoms with Crippen LogP contribution in [-0.2, 0) is 25.7 Å². The number of aromatic nitrogens is 5. The minimum absolute atomic E-state index is 0.700. The smallest absolute Gasteiger partial charge is 0.142 e. The van der Waals surface area contributed by atoms with E-state index in [1.807, 2.05) is 77.1 Å². The first kappa shape index (κ1) is 26.9. The van der Waals surface area contributed by atoms with Crippen molar-refractivity contribution >= 4 is 34.9 Å². The molecule has 5 aromatic rings. The van der Waals surface area contributed by atoms with E-state index in [0.29, 0.717) is 11.6 Å². The van der Waals surface area contributed by atoms with Crippen LogP contribution in [-0.4, -0.2) is 24.9 Å². The average Bonchev–Trinajstić information content (AvgIpc) is 3.03. The Morgan fingerprint density at radius 2 is 0.700 bits per heavy atom. The predicted octanol–water partition coefficient (Wildman–Crippen LogP) is 7.85. The number of nitrogens with zero attached hydrogens (tertiary/aromatic N) is 7. The Labute approximate surface area is 236 Å². The SMILES string of the molecule is CCc1ccc(N(c2ccc(CC)cn2)c2cccc(N(c3ccc(CC)cn3)c3ccc(CC)cn3)n2)nc1. The van der Waals surface area contributed by atoms with E-state index in [4.69, 9.17) is 24.9 Å². The monoisotopic (exact) mass is 529 g/mol. The average molecular weight is 530 g/mol. The molecular weight excluding hydrogens is 494 g/mol. The zero-order valence-corrected chi connectivity index (χ0v) is 23.6. The number of hydrogen-bond acceptors (Lipinski definition) is 7. The predicted molar refractivity (Wildman–Crippen MR) is 162 cm³/mol. The summed E-state index contributed by atoms with van der Waals surface area (Å²) in [7, 11) is 0. The maximum Gasteiger partial charge on any atom is 0.142 e. The fourth-order valence-electron chi connectivity index (χ4n) is 4.40. The lowest BCUT2D eigenvalue weighted by molar-refractivity contribution is 1.02. The van der Waals surface area contributed by atoms with Gasteiger partial charge >= 0.3 is 0 Å². The fraction of sp³-hybridized carbons (Fsp3) is 0.242. The van der Waals surface area contributed by atoms with Gasteiger partial charge in [-0.1, -0.05) is 58.0 Å². The molecule has 40 heavy (non-hydrogen) atoms. The van der Waals surface area contributed by atoms with Gasteiger partial charge in [0.15, 0.2) is 0 Å². The van der Waals surface area contributed by atoms with Crippen molar-refractivity contribution in [3.05, 3.63) is 114 Å². The molecule has 5 heterocycles. The lowest BCUT2D eigenvalue weighted by Gasteiger charge is -2.26. The summed E-state index contributed by atoms with van der Waals surface area (Å²) in [5.41, 5.74) is 4.70. The molecule has 0 aliphatic heterocycles. The zero-order chi connectivity index (χ0) is 27.9. The molecule has 202 valence electrons. The van der Waals surface area contributed by atoms with E-state index in [2.05, 4.69) is 52.0 Å². The number of aryl methyl sites for hydroxylation is 4. The van der Waals surface area contributed by atoms with Gasteiger partial charge < -0.3 is 0 Å². The minimum Gasteiger partial charge on any atom is -0.262 e. The molecule has 0 unspecified atom stereocenters. The highest BCUT2D eigenvalue weighted by Crippen LogP contribution is 2.35. The zero-order valence-electron chi connectivity index (χ0n) is 23.6. The summed E-state index contributed by atoms with van der Waals surface area (Å²) in [4.78, 5) is 28.2. The topological polar surface area (TPSA) is 70.9 Å². The van der Waals surface area contributed by atoms with Crippen LogP contribution >= 0.6 is 0 Å². The Balaban J connectivity index is 1.63. The number of hydrogen-bond donors (Lipinski definition) is 0. The molecule has 0 radical (unpaired) electrons. The lowest BCUT2D eigenvalue weighted by atomic mass is 10.2. The van der Waals surface area contributed by atoms with Crippen LogP contribution in [0, 0.1) is 0 Å². The molecule has 0 spiro atoms. The minimum atomic E-state index is 0.700. The van der Waals surface area contributed by atoms with E-state index in [1.54, 1.807) is 0 Å². The first-order chi connectivity index (χ1) is 19.6. The first-order valence-electron chi connectivity index (χ1n) is 14.0. The molecule has 0 aromatic carbocycles. The van der Waals surface area contributed by atoms with Gasteiger partial charge in [-0.3, -0.25) is 9.80 Å². The summed E-state index contributed by atoms with van der Waals surface area (Å²) in [6.45, 7) is 8.50. The molecule has 5 aromatic heterocycles. The highest BCUT2D eigenvalue weighted by atomic mass is 15.3. The van der Waals surface area contributed by atoms with E-state index in [0.717, 1.165) is 49.0 Å². The van der Waals surface area contributed by atoms with E-state index in [9.17, 15) is 0 Å². The van der Waals surface area contributed by atoms with E-state index in [-0.39, 0.29) is 0 Å². The second-order valence-corrected chi connectivity index (χ2v) is 9.54. The third-order valence-corrected chi connectivity index (χ3v) is 6.96. The van der Waals surface area contributed by atoms with Crippen LogP contribution in [0.15, 0.2) is 91.5 Å². The van der Waals surface area contributed by atoms with Gasteiger partial charge in [0.1, 0.15) is 34.9 Å². The van der Waals surface area contributed by atoms with Crippen LogP contribution in [0.4, 0.5) is 34.9 Å². The highest BCUT2D eigenvalue weighted by Gasteiger charge is 2.21. The summed E-state index contributed by atoms with van der Waals surface area (Å²) >= 11 is 0. The summed E-state index contributed by atoms with van der Waals surface area (Å²) in [6.07, 6.45) is 11.4. The molecule has 0 amide bonds. The van der Waals surface area contributed by atoms with Crippen molar-refractivity contribution in [3.63, 3.8) is 0 Å². The normalized spacial score (nSPS) is 10.9. The van der Waals surface area contributed by atoms with Gasteiger partial charge in [-0.2, -0.15) is 0 Å². The van der Waals surface area contributed by atoms with E-state index >= 15 is 0 Å². The van der Waals surface area contributed by atoms with Crippen molar-refractivity contribution in [3.8, 4) is 0 Å². The summed E-state index contributed by atoms with van der Waals surface area (Å²) < 4.78 is 0. The number of pyridine rings is 5. The maximum absolute atomic E-state index is 5.14. The highest BCUT2D eigenvalue weighted by molar-refractivity contribution is 5.74. The number of rotatable bonds is 10. The Morgan fingerprint density at radius 1 is 0.400 bits per heavy atom. The van der Waals surface area contributed by atoms with Gasteiger partial charge in [0.25, 0.3) is 0 Å². The van der Waals surface area contributed by atoms with Gasteiger partial charge in [-0.05, 0) is 84.3 Å². The van der Waals surface area contributed by atoms with Crippen molar-refractivity contribution in [2.24, 2.45) is 0 Å². The second kappa shape index (κ2) is 12.5.